The van der Waals surface area contributed by atoms with E-state index < -0.39 is 0 Å². The second kappa shape index (κ2) is 8.28. The number of aryl methyl sites for hydroxylation is 1. The molecule has 2 N–H and O–H groups in total. The third-order valence-electron chi connectivity index (χ3n) is 4.01. The number of carbonyl (C=O) groups excluding carboxylic acids is 1. The molecule has 8 nitrogen and oxygen atoms in total. The zero-order chi connectivity index (χ0) is 18.4. The van der Waals surface area contributed by atoms with Gasteiger partial charge in [0, 0.05) is 18.8 Å². The maximum Gasteiger partial charge on any atom is 0.319 e. The van der Waals surface area contributed by atoms with E-state index in [4.69, 9.17) is 0 Å². The summed E-state index contributed by atoms with van der Waals surface area (Å²) in [6.07, 6.45) is 7.34. The van der Waals surface area contributed by atoms with Crippen molar-refractivity contribution >= 4 is 11.7 Å². The van der Waals surface area contributed by atoms with Gasteiger partial charge in [0.15, 0.2) is 0 Å². The maximum absolute atomic E-state index is 12.4. The van der Waals surface area contributed by atoms with Gasteiger partial charge in [0.25, 0.3) is 0 Å². The molecule has 3 aromatic rings. The summed E-state index contributed by atoms with van der Waals surface area (Å²) in [6.45, 7) is 4.73. The van der Waals surface area contributed by atoms with Crippen LogP contribution in [0.25, 0.3) is 0 Å². The Hall–Kier alpha value is -3.16. The zero-order valence-electron chi connectivity index (χ0n) is 14.9. The van der Waals surface area contributed by atoms with Gasteiger partial charge in [-0.05, 0) is 25.8 Å². The van der Waals surface area contributed by atoms with Gasteiger partial charge in [-0.1, -0.05) is 30.3 Å². The predicted octanol–water partition coefficient (Wildman–Crippen LogP) is 3.01. The molecule has 2 aromatic heterocycles. The molecule has 3 rings (SSSR count). The lowest BCUT2D eigenvalue weighted by molar-refractivity contribution is 0.247. The number of carbonyl (C=O) groups is 1. The number of amides is 2. The summed E-state index contributed by atoms with van der Waals surface area (Å²) in [6, 6.07) is 9.73. The molecule has 136 valence electrons. The number of nitrogens with one attached hydrogen (secondary N) is 2. The largest absolute Gasteiger partial charge is 0.331 e. The van der Waals surface area contributed by atoms with Gasteiger partial charge in [0.2, 0.25) is 0 Å². The van der Waals surface area contributed by atoms with Crippen LogP contribution in [0.15, 0.2) is 55.4 Å². The van der Waals surface area contributed by atoms with Crippen molar-refractivity contribution in [3.63, 3.8) is 0 Å². The van der Waals surface area contributed by atoms with E-state index in [0.29, 0.717) is 18.7 Å². The standard InChI is InChI=1S/C18H23N7O/c1-14(2)25-11-16(10-20-25)22-18(26)23-17(15-6-4-3-5-7-15)8-9-24-13-19-12-21-24/h3-7,10-14,17H,8-9H2,1-2H3,(H2,22,23,26). The first-order chi connectivity index (χ1) is 12.6. The minimum absolute atomic E-state index is 0.138. The van der Waals surface area contributed by atoms with E-state index in [-0.39, 0.29) is 18.1 Å². The first-order valence-electron chi connectivity index (χ1n) is 8.61. The Balaban J connectivity index is 1.64. The second-order valence-corrected chi connectivity index (χ2v) is 6.31. The molecule has 0 aliphatic carbocycles. The van der Waals surface area contributed by atoms with Crippen molar-refractivity contribution in [1.29, 1.82) is 0 Å². The Labute approximate surface area is 152 Å². The maximum atomic E-state index is 12.4. The lowest BCUT2D eigenvalue weighted by Crippen LogP contribution is -2.33. The Morgan fingerprint density at radius 2 is 2.00 bits per heavy atom. The molecule has 0 saturated heterocycles. The molecule has 0 aliphatic heterocycles. The van der Waals surface area contributed by atoms with Gasteiger partial charge in [0.05, 0.1) is 17.9 Å². The molecule has 0 fully saturated rings. The van der Waals surface area contributed by atoms with Crippen LogP contribution < -0.4 is 10.6 Å². The third-order valence-corrected chi connectivity index (χ3v) is 4.01. The van der Waals surface area contributed by atoms with E-state index in [9.17, 15) is 4.79 Å². The number of hydrogen-bond donors (Lipinski definition) is 2. The Bertz CT molecular complexity index is 811. The molecule has 8 heteroatoms. The van der Waals surface area contributed by atoms with Crippen molar-refractivity contribution in [3.05, 3.63) is 60.9 Å². The Kier molecular flexibility index (Phi) is 5.62. The minimum atomic E-state index is -0.263. The van der Waals surface area contributed by atoms with Crippen molar-refractivity contribution in [3.8, 4) is 0 Å². The molecule has 26 heavy (non-hydrogen) atoms. The normalized spacial score (nSPS) is 12.1. The summed E-state index contributed by atoms with van der Waals surface area (Å²) < 4.78 is 3.55. The van der Waals surface area contributed by atoms with Crippen LogP contribution in [0.2, 0.25) is 0 Å². The average Bonchev–Trinajstić information content (AvgIpc) is 3.31. The van der Waals surface area contributed by atoms with Crippen LogP contribution in [0.1, 0.15) is 37.9 Å². The minimum Gasteiger partial charge on any atom is -0.331 e. The van der Waals surface area contributed by atoms with E-state index in [1.165, 1.54) is 6.33 Å². The van der Waals surface area contributed by atoms with Crippen LogP contribution in [0.5, 0.6) is 0 Å². The van der Waals surface area contributed by atoms with Crippen LogP contribution in [0.3, 0.4) is 0 Å². The van der Waals surface area contributed by atoms with Crippen molar-refractivity contribution < 1.29 is 4.79 Å². The molecular weight excluding hydrogens is 330 g/mol. The van der Waals surface area contributed by atoms with Crippen molar-refractivity contribution in [2.75, 3.05) is 5.32 Å². The molecule has 2 amide bonds. The number of benzene rings is 1. The van der Waals surface area contributed by atoms with Gasteiger partial charge in [-0.25, -0.2) is 9.78 Å². The van der Waals surface area contributed by atoms with Gasteiger partial charge >= 0.3 is 6.03 Å². The van der Waals surface area contributed by atoms with Crippen LogP contribution in [-0.4, -0.2) is 30.6 Å². The first kappa shape index (κ1) is 17.7. The SMILES string of the molecule is CC(C)n1cc(NC(=O)NC(CCn2cncn2)c2ccccc2)cn1. The number of urea groups is 1. The van der Waals surface area contributed by atoms with Crippen LogP contribution >= 0.6 is 0 Å². The van der Waals surface area contributed by atoms with E-state index in [1.54, 1.807) is 21.9 Å². The van der Waals surface area contributed by atoms with Gasteiger partial charge in [-0.2, -0.15) is 10.2 Å². The molecule has 1 atom stereocenters. The quantitative estimate of drug-likeness (QED) is 0.683. The van der Waals surface area contributed by atoms with E-state index in [1.807, 2.05) is 50.4 Å². The van der Waals surface area contributed by atoms with Gasteiger partial charge in [0.1, 0.15) is 12.7 Å². The first-order valence-corrected chi connectivity index (χ1v) is 8.61. The molecular formula is C18H23N7O. The molecule has 1 unspecified atom stereocenters. The highest BCUT2D eigenvalue weighted by atomic mass is 16.2. The van der Waals surface area contributed by atoms with Crippen molar-refractivity contribution in [2.45, 2.75) is 38.9 Å². The summed E-state index contributed by atoms with van der Waals surface area (Å²) in [7, 11) is 0. The zero-order valence-corrected chi connectivity index (χ0v) is 14.9. The van der Waals surface area contributed by atoms with Crippen LogP contribution in [-0.2, 0) is 6.54 Å². The lowest BCUT2D eigenvalue weighted by Gasteiger charge is -2.19. The summed E-state index contributed by atoms with van der Waals surface area (Å²) >= 11 is 0. The molecule has 0 saturated carbocycles. The van der Waals surface area contributed by atoms with Gasteiger partial charge < -0.3 is 10.6 Å². The fourth-order valence-electron chi connectivity index (χ4n) is 2.63. The van der Waals surface area contributed by atoms with Gasteiger partial charge in [-0.3, -0.25) is 9.36 Å². The molecule has 0 spiro atoms. The molecule has 1 aromatic carbocycles. The number of aromatic nitrogens is 5. The highest BCUT2D eigenvalue weighted by Crippen LogP contribution is 2.18. The lowest BCUT2D eigenvalue weighted by atomic mass is 10.0. The summed E-state index contributed by atoms with van der Waals surface area (Å²) in [5.74, 6) is 0. The number of nitrogens with zero attached hydrogens (tertiary/aromatic N) is 5. The highest BCUT2D eigenvalue weighted by Gasteiger charge is 2.15. The summed E-state index contributed by atoms with van der Waals surface area (Å²) in [4.78, 5) is 16.4. The van der Waals surface area contributed by atoms with Crippen molar-refractivity contribution in [1.82, 2.24) is 29.9 Å². The van der Waals surface area contributed by atoms with Gasteiger partial charge in [-0.15, -0.1) is 0 Å². The Morgan fingerprint density at radius 3 is 2.65 bits per heavy atom. The molecule has 0 aliphatic rings. The van der Waals surface area contributed by atoms with Crippen LogP contribution in [0.4, 0.5) is 10.5 Å². The van der Waals surface area contributed by atoms with E-state index in [2.05, 4.69) is 25.8 Å². The van der Waals surface area contributed by atoms with Crippen LogP contribution in [0, 0.1) is 0 Å². The average molecular weight is 353 g/mol. The molecule has 0 radical (unpaired) electrons. The molecule has 0 bridgehead atoms. The highest BCUT2D eigenvalue weighted by molar-refractivity contribution is 5.89. The number of rotatable bonds is 7. The monoisotopic (exact) mass is 353 g/mol. The third kappa shape index (κ3) is 4.69. The summed E-state index contributed by atoms with van der Waals surface area (Å²) in [5.41, 5.74) is 1.71. The fourth-order valence-corrected chi connectivity index (χ4v) is 2.63. The smallest absolute Gasteiger partial charge is 0.319 e. The van der Waals surface area contributed by atoms with Crippen molar-refractivity contribution in [2.24, 2.45) is 0 Å². The fraction of sp³-hybridized carbons (Fsp3) is 0.333. The molecule has 2 heterocycles. The topological polar surface area (TPSA) is 89.7 Å². The van der Waals surface area contributed by atoms with E-state index >= 15 is 0 Å². The number of hydrogen-bond acceptors (Lipinski definition) is 4. The predicted molar refractivity (Wildman–Crippen MR) is 98.6 cm³/mol. The Morgan fingerprint density at radius 1 is 1.19 bits per heavy atom. The second-order valence-electron chi connectivity index (χ2n) is 6.31. The van der Waals surface area contributed by atoms with E-state index in [0.717, 1.165) is 5.56 Å². The number of anilines is 1. The summed E-state index contributed by atoms with van der Waals surface area (Å²) in [5, 5.41) is 14.2.